The van der Waals surface area contributed by atoms with Crippen LogP contribution >= 0.6 is 0 Å². The van der Waals surface area contributed by atoms with Crippen LogP contribution in [-0.2, 0) is 0 Å². The predicted molar refractivity (Wildman–Crippen MR) is 127 cm³/mol. The zero-order valence-corrected chi connectivity index (χ0v) is 19.3. The summed E-state index contributed by atoms with van der Waals surface area (Å²) >= 11 is 0. The lowest BCUT2D eigenvalue weighted by Gasteiger charge is -2.10. The van der Waals surface area contributed by atoms with Crippen LogP contribution in [0.1, 0.15) is 10.4 Å². The molecule has 5 N–H and O–H groups in total. The van der Waals surface area contributed by atoms with Gasteiger partial charge in [-0.25, -0.2) is 14.5 Å². The molecule has 0 aliphatic carbocycles. The molecular formula is C23H15F5N8O3. The average Bonchev–Trinajstić information content (AvgIpc) is 3.52. The van der Waals surface area contributed by atoms with Crippen molar-refractivity contribution in [3.63, 3.8) is 0 Å². The van der Waals surface area contributed by atoms with Crippen molar-refractivity contribution in [1.82, 2.24) is 29.9 Å². The summed E-state index contributed by atoms with van der Waals surface area (Å²) in [5.41, 5.74) is 8.18. The van der Waals surface area contributed by atoms with Crippen molar-refractivity contribution in [2.24, 2.45) is 0 Å². The number of amides is 1. The molecule has 16 heteroatoms. The summed E-state index contributed by atoms with van der Waals surface area (Å²) < 4.78 is 74.8. The zero-order chi connectivity index (χ0) is 27.5. The van der Waals surface area contributed by atoms with Crippen molar-refractivity contribution < 1.29 is 36.2 Å². The van der Waals surface area contributed by atoms with Gasteiger partial charge in [-0.15, -0.1) is 8.78 Å². The third kappa shape index (κ3) is 4.55. The molecule has 200 valence electrons. The second kappa shape index (κ2) is 8.44. The van der Waals surface area contributed by atoms with Crippen molar-refractivity contribution >= 4 is 39.9 Å². The third-order valence-electron chi connectivity index (χ3n) is 5.74. The molecule has 0 bridgehead atoms. The third-order valence-corrected chi connectivity index (χ3v) is 5.74. The Balaban J connectivity index is 1.29. The Morgan fingerprint density at radius 2 is 1.85 bits per heavy atom. The molecule has 0 saturated carbocycles. The predicted octanol–water partition coefficient (Wildman–Crippen LogP) is 4.21. The monoisotopic (exact) mass is 546 g/mol. The molecule has 3 aromatic heterocycles. The minimum atomic E-state index is -4.59. The fourth-order valence-corrected chi connectivity index (χ4v) is 4.15. The summed E-state index contributed by atoms with van der Waals surface area (Å²) in [5, 5.41) is 8.89. The van der Waals surface area contributed by atoms with Gasteiger partial charge in [-0.1, -0.05) is 12.1 Å². The Kier molecular flexibility index (Phi) is 5.24. The second-order valence-corrected chi connectivity index (χ2v) is 8.43. The minimum absolute atomic E-state index is 0.0250. The van der Waals surface area contributed by atoms with Crippen LogP contribution in [0.5, 0.6) is 11.5 Å². The van der Waals surface area contributed by atoms with Gasteiger partial charge >= 0.3 is 12.5 Å². The van der Waals surface area contributed by atoms with Crippen LogP contribution in [0.15, 0.2) is 48.9 Å². The number of nitrogen functional groups attached to an aromatic ring is 1. The highest BCUT2D eigenvalue weighted by Crippen LogP contribution is 2.43. The van der Waals surface area contributed by atoms with Gasteiger partial charge in [0.1, 0.15) is 18.4 Å². The first-order chi connectivity index (χ1) is 18.5. The van der Waals surface area contributed by atoms with Crippen LogP contribution in [-0.4, -0.2) is 49.5 Å². The number of H-pyrrole nitrogens is 1. The zero-order valence-electron chi connectivity index (χ0n) is 19.3. The number of hydrogen-bond donors (Lipinski definition) is 4. The van der Waals surface area contributed by atoms with E-state index in [4.69, 9.17) is 5.73 Å². The van der Waals surface area contributed by atoms with Crippen LogP contribution in [0.4, 0.5) is 39.4 Å². The number of imidazole rings is 1. The minimum Gasteiger partial charge on any atom is -0.395 e. The number of nitrogens with one attached hydrogen (secondary N) is 3. The first-order valence-electron chi connectivity index (χ1n) is 11.1. The molecule has 0 fully saturated rings. The lowest BCUT2D eigenvalue weighted by molar-refractivity contribution is -0.286. The maximum atomic E-state index is 13.3. The van der Waals surface area contributed by atoms with Crippen molar-refractivity contribution in [3.8, 4) is 22.6 Å². The topological polar surface area (TPSA) is 144 Å². The van der Waals surface area contributed by atoms with Gasteiger partial charge in [-0.2, -0.15) is 18.3 Å². The maximum Gasteiger partial charge on any atom is 0.586 e. The van der Waals surface area contributed by atoms with E-state index in [1.165, 1.54) is 22.8 Å². The molecule has 0 unspecified atom stereocenters. The largest absolute Gasteiger partial charge is 0.586 e. The summed E-state index contributed by atoms with van der Waals surface area (Å²) in [6.07, 6.45) is -5.91. The summed E-state index contributed by atoms with van der Waals surface area (Å²) in [4.78, 5) is 23.8. The lowest BCUT2D eigenvalue weighted by Crippen LogP contribution is -2.33. The molecular weight excluding hydrogens is 531 g/mol. The summed E-state index contributed by atoms with van der Waals surface area (Å²) in [7, 11) is 0. The fraction of sp³-hybridized carbons (Fsp3) is 0.130. The van der Waals surface area contributed by atoms with E-state index in [1.807, 2.05) is 5.32 Å². The summed E-state index contributed by atoms with van der Waals surface area (Å²) in [6.45, 7) is -1.51. The van der Waals surface area contributed by atoms with E-state index in [0.717, 1.165) is 6.33 Å². The molecule has 11 nitrogen and oxygen atoms in total. The molecule has 4 heterocycles. The number of rotatable bonds is 5. The number of benzene rings is 2. The second-order valence-electron chi connectivity index (χ2n) is 8.43. The lowest BCUT2D eigenvalue weighted by atomic mass is 10.0. The van der Waals surface area contributed by atoms with Gasteiger partial charge in [0.05, 0.1) is 16.6 Å². The van der Waals surface area contributed by atoms with Gasteiger partial charge in [-0.3, -0.25) is 4.79 Å². The molecule has 0 radical (unpaired) electrons. The van der Waals surface area contributed by atoms with Gasteiger partial charge in [0, 0.05) is 29.6 Å². The SMILES string of the molecule is Nc1ncnn2cc(C(=O)NCC(F)(F)F)c(-c3ccc(Nc4nc5cc6c(cc5[nH]4)OC(F)(F)O6)cc3)c12. The van der Waals surface area contributed by atoms with Crippen molar-refractivity contribution in [3.05, 3.63) is 54.5 Å². The van der Waals surface area contributed by atoms with E-state index >= 15 is 0 Å². The van der Waals surface area contributed by atoms with Crippen LogP contribution in [0, 0.1) is 0 Å². The molecule has 0 atom stereocenters. The van der Waals surface area contributed by atoms with E-state index in [0.29, 0.717) is 22.3 Å². The first kappa shape index (κ1) is 24.2. The number of anilines is 3. The maximum absolute atomic E-state index is 13.3. The Morgan fingerprint density at radius 3 is 2.56 bits per heavy atom. The van der Waals surface area contributed by atoms with Gasteiger partial charge in [0.2, 0.25) is 5.95 Å². The van der Waals surface area contributed by atoms with Gasteiger partial charge < -0.3 is 30.8 Å². The van der Waals surface area contributed by atoms with E-state index in [9.17, 15) is 26.7 Å². The molecule has 0 saturated heterocycles. The molecule has 5 aromatic rings. The Bertz CT molecular complexity index is 1700. The number of fused-ring (bicyclic) bond motifs is 3. The Morgan fingerprint density at radius 1 is 1.13 bits per heavy atom. The quantitative estimate of drug-likeness (QED) is 0.240. The normalized spacial score (nSPS) is 14.2. The molecule has 2 aromatic carbocycles. The number of nitrogens with two attached hydrogens (primary N) is 1. The Labute approximate surface area is 213 Å². The molecule has 1 aliphatic rings. The molecule has 1 aliphatic heterocycles. The van der Waals surface area contributed by atoms with Crippen LogP contribution in [0.2, 0.25) is 0 Å². The number of nitrogens with zero attached hydrogens (tertiary/aromatic N) is 4. The molecule has 1 amide bonds. The molecule has 0 spiro atoms. The molecule has 6 rings (SSSR count). The Hall–Kier alpha value is -5.15. The van der Waals surface area contributed by atoms with E-state index < -0.39 is 24.9 Å². The smallest absolute Gasteiger partial charge is 0.395 e. The highest BCUT2D eigenvalue weighted by Gasteiger charge is 2.43. The van der Waals surface area contributed by atoms with Crippen LogP contribution in [0.3, 0.4) is 0 Å². The van der Waals surface area contributed by atoms with Crippen LogP contribution < -0.4 is 25.8 Å². The fourth-order valence-electron chi connectivity index (χ4n) is 4.15. The summed E-state index contributed by atoms with van der Waals surface area (Å²) in [5.74, 6) is -0.933. The number of hydrogen-bond acceptors (Lipinski definition) is 8. The van der Waals surface area contributed by atoms with E-state index in [1.54, 1.807) is 24.3 Å². The number of carbonyl (C=O) groups is 1. The highest BCUT2D eigenvalue weighted by atomic mass is 19.4. The number of alkyl halides is 5. The van der Waals surface area contributed by atoms with Crippen molar-refractivity contribution in [1.29, 1.82) is 0 Å². The van der Waals surface area contributed by atoms with Crippen molar-refractivity contribution in [2.45, 2.75) is 12.5 Å². The molecule has 39 heavy (non-hydrogen) atoms. The average molecular weight is 546 g/mol. The van der Waals surface area contributed by atoms with Crippen molar-refractivity contribution in [2.75, 3.05) is 17.6 Å². The standard InChI is InChI=1S/C23H15F5N8O3/c24-22(25,26)8-30-20(37)12-7-36-18(19(29)31-9-32-36)17(12)10-1-3-11(4-2-10)33-21-34-13-5-15-16(6-14(13)35-21)39-23(27,28)38-15/h1-7,9H,8H2,(H,30,37)(H2,29,31,32)(H2,33,34,35). The number of aromatic nitrogens is 5. The van der Waals surface area contributed by atoms with E-state index in [2.05, 4.69) is 34.8 Å². The summed E-state index contributed by atoms with van der Waals surface area (Å²) in [6, 6.07) is 9.15. The number of aromatic amines is 1. The first-order valence-corrected chi connectivity index (χ1v) is 11.1. The highest BCUT2D eigenvalue weighted by molar-refractivity contribution is 6.07. The van der Waals surface area contributed by atoms with Crippen LogP contribution in [0.25, 0.3) is 27.7 Å². The van der Waals surface area contributed by atoms with Gasteiger partial charge in [0.15, 0.2) is 17.3 Å². The number of halogens is 5. The van der Waals surface area contributed by atoms with E-state index in [-0.39, 0.29) is 39.9 Å². The number of carbonyl (C=O) groups excluding carboxylic acids is 1. The van der Waals surface area contributed by atoms with Gasteiger partial charge in [-0.05, 0) is 17.7 Å². The van der Waals surface area contributed by atoms with Gasteiger partial charge in [0.25, 0.3) is 5.91 Å². The number of ether oxygens (including phenoxy) is 2.